The highest BCUT2D eigenvalue weighted by Gasteiger charge is 2.10. The Labute approximate surface area is 123 Å². The van der Waals surface area contributed by atoms with Crippen LogP contribution >= 0.6 is 0 Å². The predicted molar refractivity (Wildman–Crippen MR) is 84.3 cm³/mol. The molecule has 1 unspecified atom stereocenters. The molecule has 3 nitrogen and oxygen atoms in total. The second-order valence-electron chi connectivity index (χ2n) is 5.06. The van der Waals surface area contributed by atoms with Crippen molar-refractivity contribution in [2.24, 2.45) is 0 Å². The zero-order valence-corrected chi connectivity index (χ0v) is 12.9. The molecule has 0 aliphatic carbocycles. The van der Waals surface area contributed by atoms with Gasteiger partial charge in [-0.1, -0.05) is 43.7 Å². The van der Waals surface area contributed by atoms with Crippen LogP contribution in [-0.2, 0) is 9.47 Å². The topological polar surface area (TPSA) is 30.5 Å². The maximum Gasteiger partial charge on any atom is 0.0587 e. The first-order chi connectivity index (χ1) is 9.88. The summed E-state index contributed by atoms with van der Waals surface area (Å²) in [6.45, 7) is 6.55. The van der Waals surface area contributed by atoms with Gasteiger partial charge in [0.15, 0.2) is 0 Å². The summed E-state index contributed by atoms with van der Waals surface area (Å²) >= 11 is 0. The number of rotatable bonds is 12. The number of hydrogen-bond donors (Lipinski definition) is 1. The monoisotopic (exact) mass is 279 g/mol. The fourth-order valence-electron chi connectivity index (χ4n) is 2.14. The molecule has 0 saturated heterocycles. The van der Waals surface area contributed by atoms with Crippen LogP contribution < -0.4 is 5.32 Å². The van der Waals surface area contributed by atoms with Crippen molar-refractivity contribution < 1.29 is 9.47 Å². The highest BCUT2D eigenvalue weighted by molar-refractivity contribution is 5.19. The average molecular weight is 279 g/mol. The van der Waals surface area contributed by atoms with Crippen LogP contribution in [0.2, 0.25) is 0 Å². The van der Waals surface area contributed by atoms with Gasteiger partial charge in [0.05, 0.1) is 6.61 Å². The van der Waals surface area contributed by atoms with Crippen molar-refractivity contribution in [3.63, 3.8) is 0 Å². The van der Waals surface area contributed by atoms with Gasteiger partial charge in [0.1, 0.15) is 0 Å². The Kier molecular flexibility index (Phi) is 10.2. The molecule has 0 amide bonds. The fraction of sp³-hybridized carbons (Fsp3) is 0.647. The van der Waals surface area contributed by atoms with E-state index in [2.05, 4.69) is 42.6 Å². The van der Waals surface area contributed by atoms with Crippen molar-refractivity contribution in [1.82, 2.24) is 5.32 Å². The highest BCUT2D eigenvalue weighted by atomic mass is 16.5. The first-order valence-electron chi connectivity index (χ1n) is 7.70. The molecule has 0 radical (unpaired) electrons. The number of nitrogens with one attached hydrogen (secondary N) is 1. The lowest BCUT2D eigenvalue weighted by Crippen LogP contribution is -2.26. The number of ether oxygens (including phenoxy) is 2. The standard InChI is InChI=1S/C17H29NO2/c1-3-4-12-20-13-10-17(15-18-11-14-19-2)16-8-6-5-7-9-16/h5-9,17-18H,3-4,10-15H2,1-2H3. The number of methoxy groups -OCH3 is 1. The lowest BCUT2D eigenvalue weighted by Gasteiger charge is -2.18. The minimum absolute atomic E-state index is 0.509. The van der Waals surface area contributed by atoms with E-state index in [9.17, 15) is 0 Å². The van der Waals surface area contributed by atoms with Gasteiger partial charge in [-0.05, 0) is 24.3 Å². The second kappa shape index (κ2) is 11.9. The van der Waals surface area contributed by atoms with E-state index in [0.717, 1.165) is 45.8 Å². The SMILES string of the molecule is CCCCOCCC(CNCCOC)c1ccccc1. The molecule has 1 rings (SSSR count). The van der Waals surface area contributed by atoms with E-state index in [1.165, 1.54) is 12.0 Å². The largest absolute Gasteiger partial charge is 0.383 e. The van der Waals surface area contributed by atoms with Crippen LogP contribution in [0.5, 0.6) is 0 Å². The van der Waals surface area contributed by atoms with E-state index in [1.807, 2.05) is 0 Å². The summed E-state index contributed by atoms with van der Waals surface area (Å²) in [7, 11) is 1.73. The van der Waals surface area contributed by atoms with Crippen LogP contribution in [-0.4, -0.2) is 40.0 Å². The third kappa shape index (κ3) is 7.63. The zero-order chi connectivity index (χ0) is 14.5. The van der Waals surface area contributed by atoms with Gasteiger partial charge < -0.3 is 14.8 Å². The van der Waals surface area contributed by atoms with Crippen LogP contribution in [0.25, 0.3) is 0 Å². The van der Waals surface area contributed by atoms with Gasteiger partial charge in [-0.3, -0.25) is 0 Å². The lowest BCUT2D eigenvalue weighted by atomic mass is 9.96. The molecule has 1 N–H and O–H groups in total. The van der Waals surface area contributed by atoms with E-state index < -0.39 is 0 Å². The highest BCUT2D eigenvalue weighted by Crippen LogP contribution is 2.18. The lowest BCUT2D eigenvalue weighted by molar-refractivity contribution is 0.123. The van der Waals surface area contributed by atoms with Gasteiger partial charge in [0, 0.05) is 33.4 Å². The zero-order valence-electron chi connectivity index (χ0n) is 12.9. The van der Waals surface area contributed by atoms with Crippen LogP contribution in [0.4, 0.5) is 0 Å². The van der Waals surface area contributed by atoms with Crippen molar-refractivity contribution in [3.8, 4) is 0 Å². The Hall–Kier alpha value is -0.900. The van der Waals surface area contributed by atoms with Gasteiger partial charge >= 0.3 is 0 Å². The summed E-state index contributed by atoms with van der Waals surface area (Å²) < 4.78 is 10.8. The Balaban J connectivity index is 2.35. The van der Waals surface area contributed by atoms with E-state index in [0.29, 0.717) is 5.92 Å². The number of hydrogen-bond acceptors (Lipinski definition) is 3. The van der Waals surface area contributed by atoms with Gasteiger partial charge in [0.2, 0.25) is 0 Å². The molecule has 0 fully saturated rings. The number of benzene rings is 1. The molecule has 0 heterocycles. The third-order valence-corrected chi connectivity index (χ3v) is 3.40. The Morgan fingerprint density at radius 2 is 1.90 bits per heavy atom. The molecule has 0 spiro atoms. The predicted octanol–water partition coefficient (Wildman–Crippen LogP) is 3.21. The molecule has 114 valence electrons. The molecular formula is C17H29NO2. The molecule has 3 heteroatoms. The Morgan fingerprint density at radius 1 is 1.10 bits per heavy atom. The maximum atomic E-state index is 5.70. The van der Waals surface area contributed by atoms with Crippen LogP contribution in [0.1, 0.15) is 37.7 Å². The molecule has 0 aliphatic rings. The van der Waals surface area contributed by atoms with E-state index in [1.54, 1.807) is 7.11 Å². The molecule has 1 aromatic rings. The molecule has 0 aliphatic heterocycles. The molecule has 0 aromatic heterocycles. The average Bonchev–Trinajstić information content (AvgIpc) is 2.50. The Morgan fingerprint density at radius 3 is 2.60 bits per heavy atom. The van der Waals surface area contributed by atoms with E-state index >= 15 is 0 Å². The molecule has 1 aromatic carbocycles. The first-order valence-corrected chi connectivity index (χ1v) is 7.70. The normalized spacial score (nSPS) is 12.5. The van der Waals surface area contributed by atoms with Gasteiger partial charge in [-0.25, -0.2) is 0 Å². The molecular weight excluding hydrogens is 250 g/mol. The summed E-state index contributed by atoms with van der Waals surface area (Å²) in [5.41, 5.74) is 1.39. The summed E-state index contributed by atoms with van der Waals surface area (Å²) in [6, 6.07) is 10.7. The van der Waals surface area contributed by atoms with Crippen molar-refractivity contribution in [3.05, 3.63) is 35.9 Å². The van der Waals surface area contributed by atoms with Crippen molar-refractivity contribution in [1.29, 1.82) is 0 Å². The maximum absolute atomic E-state index is 5.70. The van der Waals surface area contributed by atoms with Gasteiger partial charge in [-0.2, -0.15) is 0 Å². The molecule has 0 bridgehead atoms. The van der Waals surface area contributed by atoms with E-state index in [-0.39, 0.29) is 0 Å². The summed E-state index contributed by atoms with van der Waals surface area (Å²) in [6.07, 6.45) is 3.41. The fourth-order valence-corrected chi connectivity index (χ4v) is 2.14. The van der Waals surface area contributed by atoms with Crippen LogP contribution in [0, 0.1) is 0 Å². The van der Waals surface area contributed by atoms with Crippen molar-refractivity contribution in [2.75, 3.05) is 40.0 Å². The number of unbranched alkanes of at least 4 members (excludes halogenated alkanes) is 1. The third-order valence-electron chi connectivity index (χ3n) is 3.40. The first kappa shape index (κ1) is 17.2. The summed E-state index contributed by atoms with van der Waals surface area (Å²) in [5.74, 6) is 0.509. The quantitative estimate of drug-likeness (QED) is 0.596. The van der Waals surface area contributed by atoms with Crippen LogP contribution in [0.15, 0.2) is 30.3 Å². The van der Waals surface area contributed by atoms with Gasteiger partial charge in [-0.15, -0.1) is 0 Å². The molecule has 20 heavy (non-hydrogen) atoms. The molecule has 1 atom stereocenters. The van der Waals surface area contributed by atoms with Gasteiger partial charge in [0.25, 0.3) is 0 Å². The van der Waals surface area contributed by atoms with Crippen LogP contribution in [0.3, 0.4) is 0 Å². The van der Waals surface area contributed by atoms with Crippen molar-refractivity contribution >= 4 is 0 Å². The van der Waals surface area contributed by atoms with Crippen molar-refractivity contribution in [2.45, 2.75) is 32.1 Å². The summed E-state index contributed by atoms with van der Waals surface area (Å²) in [4.78, 5) is 0. The van der Waals surface area contributed by atoms with E-state index in [4.69, 9.17) is 9.47 Å². The second-order valence-corrected chi connectivity index (χ2v) is 5.06. The Bertz CT molecular complexity index is 316. The minimum Gasteiger partial charge on any atom is -0.383 e. The smallest absolute Gasteiger partial charge is 0.0587 e. The molecule has 0 saturated carbocycles. The summed E-state index contributed by atoms with van der Waals surface area (Å²) in [5, 5.41) is 3.46. The minimum atomic E-state index is 0.509.